The Morgan fingerprint density at radius 3 is 2.16 bits per heavy atom. The fourth-order valence-electron chi connectivity index (χ4n) is 2.56. The molecule has 1 aromatic carbocycles. The second-order valence-electron chi connectivity index (χ2n) is 8.12. The average Bonchev–Trinajstić information content (AvgIpc) is 2.51. The van der Waals surface area contributed by atoms with Crippen molar-refractivity contribution in [3.63, 3.8) is 0 Å². The lowest BCUT2D eigenvalue weighted by atomic mass is 9.91. The molecule has 138 valence electrons. The van der Waals surface area contributed by atoms with Crippen molar-refractivity contribution in [2.45, 2.75) is 65.3 Å². The monoisotopic (exact) mass is 361 g/mol. The van der Waals surface area contributed by atoms with Crippen LogP contribution in [0.2, 0.25) is 13.1 Å². The molecular formula is C20H31NO3Si. The highest BCUT2D eigenvalue weighted by Gasteiger charge is 2.33. The number of amides is 1. The first-order chi connectivity index (χ1) is 11.4. The maximum absolute atomic E-state index is 12.2. The van der Waals surface area contributed by atoms with Crippen LogP contribution in [0, 0.1) is 0 Å². The van der Waals surface area contributed by atoms with Crippen molar-refractivity contribution in [2.75, 3.05) is 0 Å². The zero-order valence-corrected chi connectivity index (χ0v) is 17.5. The zero-order valence-electron chi connectivity index (χ0n) is 16.5. The third-order valence-electron chi connectivity index (χ3n) is 4.28. The van der Waals surface area contributed by atoms with Gasteiger partial charge < -0.3 is 10.1 Å². The number of ether oxygens (including phenoxy) is 1. The number of aldehydes is 1. The lowest BCUT2D eigenvalue weighted by molar-refractivity contribution is -0.105. The molecule has 4 nitrogen and oxygen atoms in total. The maximum atomic E-state index is 12.2. The van der Waals surface area contributed by atoms with E-state index >= 15 is 0 Å². The van der Waals surface area contributed by atoms with E-state index in [2.05, 4.69) is 36.2 Å². The van der Waals surface area contributed by atoms with Crippen LogP contribution in [0.3, 0.4) is 0 Å². The number of nitrogens with one attached hydrogen (secondary N) is 1. The van der Waals surface area contributed by atoms with Gasteiger partial charge in [0.15, 0.2) is 0 Å². The molecule has 0 radical (unpaired) electrons. The van der Waals surface area contributed by atoms with E-state index in [-0.39, 0.29) is 0 Å². The summed E-state index contributed by atoms with van der Waals surface area (Å²) >= 11 is 0. The summed E-state index contributed by atoms with van der Waals surface area (Å²) < 4.78 is 5.36. The molecular weight excluding hydrogens is 330 g/mol. The first-order valence-corrected chi connectivity index (χ1v) is 11.8. The van der Waals surface area contributed by atoms with E-state index in [1.165, 1.54) is 5.19 Å². The fourth-order valence-corrected chi connectivity index (χ4v) is 4.94. The number of hydrogen-bond donors (Lipinski definition) is 1. The van der Waals surface area contributed by atoms with Crippen molar-refractivity contribution in [3.05, 3.63) is 41.6 Å². The highest BCUT2D eigenvalue weighted by molar-refractivity contribution is 6.94. The number of hydrogen-bond acceptors (Lipinski definition) is 3. The number of rotatable bonds is 6. The molecule has 1 aromatic rings. The first kappa shape index (κ1) is 21.2. The first-order valence-electron chi connectivity index (χ1n) is 8.69. The van der Waals surface area contributed by atoms with E-state index in [4.69, 9.17) is 4.74 Å². The Morgan fingerprint density at radius 1 is 1.16 bits per heavy atom. The van der Waals surface area contributed by atoms with E-state index in [9.17, 15) is 9.59 Å². The standard InChI is InChI=1S/C20H31NO3Si/c1-8-20(5,21-18(23)24-19(2,3)4)16(14-22)15-25(6,7)17-12-10-9-11-13-17/h9-15H,8H2,1-7H3,(H,21,23)/b16-15+. The minimum Gasteiger partial charge on any atom is -0.444 e. The Hall–Kier alpha value is -1.88. The Bertz CT molecular complexity index is 632. The van der Waals surface area contributed by atoms with Crippen molar-refractivity contribution in [2.24, 2.45) is 0 Å². The molecule has 1 atom stereocenters. The lowest BCUT2D eigenvalue weighted by Crippen LogP contribution is -2.51. The van der Waals surface area contributed by atoms with E-state index < -0.39 is 25.3 Å². The van der Waals surface area contributed by atoms with Crippen molar-refractivity contribution >= 4 is 25.6 Å². The molecule has 25 heavy (non-hydrogen) atoms. The zero-order chi connectivity index (χ0) is 19.3. The van der Waals surface area contributed by atoms with E-state index in [0.717, 1.165) is 6.29 Å². The van der Waals surface area contributed by atoms with E-state index in [0.29, 0.717) is 12.0 Å². The van der Waals surface area contributed by atoms with Crippen LogP contribution in [0.4, 0.5) is 4.79 Å². The van der Waals surface area contributed by atoms with Gasteiger partial charge >= 0.3 is 6.09 Å². The van der Waals surface area contributed by atoms with Gasteiger partial charge in [-0.05, 0) is 34.1 Å². The molecule has 0 aliphatic heterocycles. The molecule has 0 aliphatic carbocycles. The Kier molecular flexibility index (Phi) is 6.77. The quantitative estimate of drug-likeness (QED) is 0.474. The number of carbonyl (C=O) groups excluding carboxylic acids is 2. The molecule has 1 unspecified atom stereocenters. The third-order valence-corrected chi connectivity index (χ3v) is 7.14. The highest BCUT2D eigenvalue weighted by Crippen LogP contribution is 2.23. The van der Waals surface area contributed by atoms with Gasteiger partial charge in [0, 0.05) is 5.57 Å². The van der Waals surface area contributed by atoms with Crippen molar-refractivity contribution in [3.8, 4) is 0 Å². The third kappa shape index (κ3) is 6.16. The topological polar surface area (TPSA) is 55.4 Å². The van der Waals surface area contributed by atoms with Crippen LogP contribution in [0.15, 0.2) is 41.6 Å². The predicted octanol–water partition coefficient (Wildman–Crippen LogP) is 3.96. The summed E-state index contributed by atoms with van der Waals surface area (Å²) in [6.07, 6.45) is 0.943. The van der Waals surface area contributed by atoms with Crippen LogP contribution in [0.25, 0.3) is 0 Å². The molecule has 1 amide bonds. The second kappa shape index (κ2) is 8.00. The van der Waals surface area contributed by atoms with Gasteiger partial charge in [-0.15, -0.1) is 0 Å². The number of benzene rings is 1. The highest BCUT2D eigenvalue weighted by atomic mass is 28.3. The predicted molar refractivity (Wildman–Crippen MR) is 106 cm³/mol. The molecule has 5 heteroatoms. The van der Waals surface area contributed by atoms with Gasteiger partial charge in [-0.1, -0.05) is 61.2 Å². The Morgan fingerprint density at radius 2 is 1.72 bits per heavy atom. The lowest BCUT2D eigenvalue weighted by Gasteiger charge is -2.33. The van der Waals surface area contributed by atoms with E-state index in [1.807, 2.05) is 52.8 Å². The summed E-state index contributed by atoms with van der Waals surface area (Å²) in [6.45, 7) is 13.6. The van der Waals surface area contributed by atoms with Gasteiger partial charge in [-0.2, -0.15) is 0 Å². The average molecular weight is 362 g/mol. The number of carbonyl (C=O) groups is 2. The maximum Gasteiger partial charge on any atom is 0.408 e. The van der Waals surface area contributed by atoms with E-state index in [1.54, 1.807) is 0 Å². The SMILES string of the molecule is CCC(C)(NC(=O)OC(C)(C)C)/C(C=O)=C/[Si](C)(C)c1ccccc1. The number of alkyl carbamates (subject to hydrolysis) is 1. The second-order valence-corrected chi connectivity index (χ2v) is 12.4. The van der Waals surface area contributed by atoms with Gasteiger partial charge in [-0.25, -0.2) is 4.79 Å². The van der Waals surface area contributed by atoms with Crippen molar-refractivity contribution < 1.29 is 14.3 Å². The minimum absolute atomic E-state index is 0.510. The van der Waals surface area contributed by atoms with Gasteiger partial charge in [-0.3, -0.25) is 4.79 Å². The molecule has 0 saturated heterocycles. The van der Waals surface area contributed by atoms with Crippen LogP contribution in [-0.2, 0) is 9.53 Å². The van der Waals surface area contributed by atoms with Crippen LogP contribution in [0.5, 0.6) is 0 Å². The van der Waals surface area contributed by atoms with Gasteiger partial charge in [0.2, 0.25) is 0 Å². The molecule has 0 saturated carbocycles. The van der Waals surface area contributed by atoms with Gasteiger partial charge in [0.05, 0.1) is 5.54 Å². The smallest absolute Gasteiger partial charge is 0.408 e. The summed E-state index contributed by atoms with van der Waals surface area (Å²) in [7, 11) is -1.97. The summed E-state index contributed by atoms with van der Waals surface area (Å²) in [6, 6.07) is 10.2. The summed E-state index contributed by atoms with van der Waals surface area (Å²) in [4.78, 5) is 24.1. The Labute approximate surface area is 152 Å². The molecule has 0 spiro atoms. The molecule has 0 fully saturated rings. The largest absolute Gasteiger partial charge is 0.444 e. The van der Waals surface area contributed by atoms with Crippen molar-refractivity contribution in [1.82, 2.24) is 5.32 Å². The van der Waals surface area contributed by atoms with Gasteiger partial charge in [0.1, 0.15) is 20.0 Å². The Balaban J connectivity index is 3.16. The molecule has 0 heterocycles. The van der Waals surface area contributed by atoms with Gasteiger partial charge in [0.25, 0.3) is 0 Å². The molecule has 0 aliphatic rings. The summed E-state index contributed by atoms with van der Waals surface area (Å²) in [5.74, 6) is 0. The fraction of sp³-hybridized carbons (Fsp3) is 0.500. The molecule has 1 N–H and O–H groups in total. The van der Waals surface area contributed by atoms with Crippen LogP contribution >= 0.6 is 0 Å². The molecule has 1 rings (SSSR count). The van der Waals surface area contributed by atoms with Crippen LogP contribution in [-0.4, -0.2) is 31.6 Å². The summed E-state index contributed by atoms with van der Waals surface area (Å²) in [5, 5.41) is 4.13. The molecule has 0 aromatic heterocycles. The van der Waals surface area contributed by atoms with Crippen LogP contribution in [0.1, 0.15) is 41.0 Å². The van der Waals surface area contributed by atoms with Crippen LogP contribution < -0.4 is 10.5 Å². The van der Waals surface area contributed by atoms with Crippen molar-refractivity contribution in [1.29, 1.82) is 0 Å². The minimum atomic E-state index is -1.97. The normalized spacial score (nSPS) is 15.2. The summed E-state index contributed by atoms with van der Waals surface area (Å²) in [5.41, 5.74) is 1.32. The molecule has 0 bridgehead atoms.